The number of amides is 1. The van der Waals surface area contributed by atoms with Crippen LogP contribution in [0.2, 0.25) is 0 Å². The summed E-state index contributed by atoms with van der Waals surface area (Å²) in [7, 11) is -1.59. The quantitative estimate of drug-likeness (QED) is 0.275. The second kappa shape index (κ2) is 10.8. The van der Waals surface area contributed by atoms with E-state index < -0.39 is 28.5 Å². The van der Waals surface area contributed by atoms with E-state index in [1.54, 1.807) is 50.4 Å². The van der Waals surface area contributed by atoms with Crippen LogP contribution in [0.5, 0.6) is 0 Å². The highest BCUT2D eigenvalue weighted by Crippen LogP contribution is 2.34. The highest BCUT2D eigenvalue weighted by Gasteiger charge is 2.32. The van der Waals surface area contributed by atoms with Gasteiger partial charge in [-0.2, -0.15) is 17.8 Å². The van der Waals surface area contributed by atoms with E-state index in [9.17, 15) is 17.6 Å². The molecule has 206 valence electrons. The number of pyridine rings is 1. The lowest BCUT2D eigenvalue weighted by Gasteiger charge is -2.28. The summed E-state index contributed by atoms with van der Waals surface area (Å²) in [5, 5.41) is 7.75. The van der Waals surface area contributed by atoms with Crippen LogP contribution in [-0.4, -0.2) is 70.0 Å². The molecule has 13 nitrogen and oxygen atoms in total. The summed E-state index contributed by atoms with van der Waals surface area (Å²) in [5.41, 5.74) is 13.4. The van der Waals surface area contributed by atoms with Gasteiger partial charge in [-0.3, -0.25) is 4.79 Å². The number of rotatable bonds is 9. The first-order valence-corrected chi connectivity index (χ1v) is 13.3. The van der Waals surface area contributed by atoms with Gasteiger partial charge in [-0.15, -0.1) is 0 Å². The fourth-order valence-electron chi connectivity index (χ4n) is 3.90. The SMILES string of the molecule is CC(C)NC(=O)CN(c1c(N)nc(-c2nn(Cc3ccccc3F)c3ncccc23)nc1N)S(=O)(=O)N(C)C. The molecule has 0 atom stereocenters. The van der Waals surface area contributed by atoms with Crippen molar-refractivity contribution in [1.82, 2.24) is 34.4 Å². The van der Waals surface area contributed by atoms with E-state index in [-0.39, 0.29) is 41.4 Å². The van der Waals surface area contributed by atoms with Gasteiger partial charge in [0.15, 0.2) is 23.1 Å². The lowest BCUT2D eigenvalue weighted by Crippen LogP contribution is -2.47. The standard InChI is InChI=1S/C24H29FN10O3S/c1-14(2)29-18(36)13-35(39(37,38)33(3)4)20-21(26)30-23(31-22(20)27)19-16-9-7-11-28-24(16)34(32-19)12-15-8-5-6-10-17(15)25/h5-11,14H,12-13H2,1-4H3,(H,29,36)(H4,26,27,30,31). The summed E-state index contributed by atoms with van der Waals surface area (Å²) in [5.74, 6) is -1.51. The van der Waals surface area contributed by atoms with E-state index >= 15 is 0 Å². The third kappa shape index (κ3) is 5.58. The number of nitrogen functional groups attached to an aromatic ring is 2. The van der Waals surface area contributed by atoms with Crippen LogP contribution in [0.3, 0.4) is 0 Å². The number of benzene rings is 1. The number of aromatic nitrogens is 5. The van der Waals surface area contributed by atoms with Crippen LogP contribution in [0.25, 0.3) is 22.6 Å². The monoisotopic (exact) mass is 556 g/mol. The number of hydrogen-bond donors (Lipinski definition) is 3. The Morgan fingerprint density at radius 1 is 1.10 bits per heavy atom. The number of hydrogen-bond acceptors (Lipinski definition) is 9. The first-order valence-electron chi connectivity index (χ1n) is 11.9. The molecule has 0 fully saturated rings. The van der Waals surface area contributed by atoms with Crippen LogP contribution in [0, 0.1) is 5.82 Å². The van der Waals surface area contributed by atoms with Gasteiger partial charge in [0.05, 0.1) is 11.9 Å². The van der Waals surface area contributed by atoms with Gasteiger partial charge in [0.25, 0.3) is 0 Å². The molecule has 5 N–H and O–H groups in total. The van der Waals surface area contributed by atoms with Gasteiger partial charge in [0.2, 0.25) is 5.91 Å². The minimum atomic E-state index is -4.21. The summed E-state index contributed by atoms with van der Waals surface area (Å²) in [6.45, 7) is 2.98. The van der Waals surface area contributed by atoms with Crippen molar-refractivity contribution in [2.45, 2.75) is 26.4 Å². The van der Waals surface area contributed by atoms with E-state index in [1.165, 1.54) is 24.8 Å². The zero-order valence-corrected chi connectivity index (χ0v) is 22.6. The molecule has 1 amide bonds. The number of nitrogens with one attached hydrogen (secondary N) is 1. The highest BCUT2D eigenvalue weighted by molar-refractivity contribution is 7.90. The molecule has 4 aromatic rings. The average Bonchev–Trinajstić information content (AvgIpc) is 3.22. The van der Waals surface area contributed by atoms with E-state index in [4.69, 9.17) is 11.5 Å². The Hall–Kier alpha value is -4.37. The fraction of sp³-hybridized carbons (Fsp3) is 0.292. The summed E-state index contributed by atoms with van der Waals surface area (Å²) < 4.78 is 43.8. The van der Waals surface area contributed by atoms with Crippen molar-refractivity contribution >= 4 is 44.5 Å². The molecule has 1 aromatic carbocycles. The van der Waals surface area contributed by atoms with Gasteiger partial charge < -0.3 is 16.8 Å². The molecule has 0 bridgehead atoms. The Morgan fingerprint density at radius 2 is 1.77 bits per heavy atom. The molecule has 0 aliphatic heterocycles. The van der Waals surface area contributed by atoms with Gasteiger partial charge in [-0.05, 0) is 32.0 Å². The number of anilines is 3. The number of nitrogens with zero attached hydrogens (tertiary/aromatic N) is 7. The Kier molecular flexibility index (Phi) is 7.65. The molecule has 0 saturated heterocycles. The zero-order valence-electron chi connectivity index (χ0n) is 21.8. The third-order valence-electron chi connectivity index (χ3n) is 5.66. The molecular weight excluding hydrogens is 527 g/mol. The first-order chi connectivity index (χ1) is 18.4. The Balaban J connectivity index is 1.81. The van der Waals surface area contributed by atoms with Crippen molar-refractivity contribution < 1.29 is 17.6 Å². The Labute approximate surface area is 224 Å². The minimum Gasteiger partial charge on any atom is -0.382 e. The molecule has 0 aliphatic rings. The van der Waals surface area contributed by atoms with Gasteiger partial charge in [-0.25, -0.2) is 28.3 Å². The predicted octanol–water partition coefficient (Wildman–Crippen LogP) is 1.38. The van der Waals surface area contributed by atoms with Crippen molar-refractivity contribution in [1.29, 1.82) is 0 Å². The highest BCUT2D eigenvalue weighted by atomic mass is 32.2. The van der Waals surface area contributed by atoms with Crippen LogP contribution in [-0.2, 0) is 21.5 Å². The van der Waals surface area contributed by atoms with E-state index in [0.717, 1.165) is 8.61 Å². The molecular formula is C24H29FN10O3S. The number of carbonyl (C=O) groups is 1. The molecule has 0 spiro atoms. The minimum absolute atomic E-state index is 0.00728. The maximum Gasteiger partial charge on any atom is 0.304 e. The van der Waals surface area contributed by atoms with Gasteiger partial charge in [0.1, 0.15) is 23.7 Å². The van der Waals surface area contributed by atoms with Crippen molar-refractivity contribution in [3.05, 3.63) is 54.0 Å². The second-order valence-electron chi connectivity index (χ2n) is 9.16. The van der Waals surface area contributed by atoms with Crippen LogP contribution >= 0.6 is 0 Å². The average molecular weight is 557 g/mol. The van der Waals surface area contributed by atoms with Crippen molar-refractivity contribution in [2.24, 2.45) is 0 Å². The topological polar surface area (TPSA) is 178 Å². The predicted molar refractivity (Wildman–Crippen MR) is 146 cm³/mol. The van der Waals surface area contributed by atoms with E-state index in [1.807, 2.05) is 0 Å². The lowest BCUT2D eigenvalue weighted by molar-refractivity contribution is -0.120. The van der Waals surface area contributed by atoms with Crippen LogP contribution in [0.15, 0.2) is 42.6 Å². The molecule has 4 rings (SSSR count). The molecule has 3 heterocycles. The van der Waals surface area contributed by atoms with Gasteiger partial charge in [-0.1, -0.05) is 18.2 Å². The fourth-order valence-corrected chi connectivity index (χ4v) is 4.99. The maximum atomic E-state index is 14.3. The lowest BCUT2D eigenvalue weighted by atomic mass is 10.2. The number of carbonyl (C=O) groups excluding carboxylic acids is 1. The largest absolute Gasteiger partial charge is 0.382 e. The number of nitrogens with two attached hydrogens (primary N) is 2. The van der Waals surface area contributed by atoms with Crippen LogP contribution in [0.1, 0.15) is 19.4 Å². The molecule has 0 saturated carbocycles. The molecule has 39 heavy (non-hydrogen) atoms. The molecule has 0 aliphatic carbocycles. The van der Waals surface area contributed by atoms with Crippen molar-refractivity contribution in [3.8, 4) is 11.5 Å². The smallest absolute Gasteiger partial charge is 0.304 e. The third-order valence-corrected chi connectivity index (χ3v) is 7.45. The van der Waals surface area contributed by atoms with E-state index in [2.05, 4.69) is 25.4 Å². The van der Waals surface area contributed by atoms with Crippen LogP contribution in [0.4, 0.5) is 21.7 Å². The van der Waals surface area contributed by atoms with Gasteiger partial charge in [0, 0.05) is 31.9 Å². The van der Waals surface area contributed by atoms with Gasteiger partial charge >= 0.3 is 10.2 Å². The van der Waals surface area contributed by atoms with Crippen molar-refractivity contribution in [3.63, 3.8) is 0 Å². The number of fused-ring (bicyclic) bond motifs is 1. The Morgan fingerprint density at radius 3 is 2.38 bits per heavy atom. The zero-order chi connectivity index (χ0) is 28.5. The summed E-state index contributed by atoms with van der Waals surface area (Å²) in [6.07, 6.45) is 1.57. The second-order valence-corrected chi connectivity index (χ2v) is 11.2. The molecule has 0 radical (unpaired) electrons. The summed E-state index contributed by atoms with van der Waals surface area (Å²) in [6, 6.07) is 9.52. The van der Waals surface area contributed by atoms with E-state index in [0.29, 0.717) is 16.6 Å². The van der Waals surface area contributed by atoms with Crippen molar-refractivity contribution in [2.75, 3.05) is 36.4 Å². The summed E-state index contributed by atoms with van der Waals surface area (Å²) >= 11 is 0. The Bertz CT molecular complexity index is 1620. The molecule has 3 aromatic heterocycles. The molecule has 15 heteroatoms. The normalized spacial score (nSPS) is 11.9. The summed E-state index contributed by atoms with van der Waals surface area (Å²) in [4.78, 5) is 25.5. The van der Waals surface area contributed by atoms with Crippen LogP contribution < -0.4 is 21.1 Å². The first kappa shape index (κ1) is 27.7. The molecule has 0 unspecified atom stereocenters. The number of halogens is 1. The maximum absolute atomic E-state index is 14.3.